The Morgan fingerprint density at radius 2 is 1.83 bits per heavy atom. The van der Waals surface area contributed by atoms with E-state index in [2.05, 4.69) is 6.92 Å². The molecule has 0 saturated heterocycles. The number of fused-ring (bicyclic) bond motifs is 2. The van der Waals surface area contributed by atoms with E-state index < -0.39 is 6.04 Å². The number of nitrogens with zero attached hydrogens (tertiary/aromatic N) is 1. The molecule has 0 N–H and O–H groups in total. The monoisotopic (exact) mass is 487 g/mol. The minimum absolute atomic E-state index is 0.0607. The highest BCUT2D eigenvalue weighted by Crippen LogP contribution is 2.42. The number of ether oxygens (including phenoxy) is 1. The van der Waals surface area contributed by atoms with Gasteiger partial charge in [0.1, 0.15) is 11.3 Å². The molecule has 0 radical (unpaired) electrons. The molecule has 0 saturated carbocycles. The van der Waals surface area contributed by atoms with Gasteiger partial charge in [-0.2, -0.15) is 0 Å². The number of halogens is 1. The van der Waals surface area contributed by atoms with Gasteiger partial charge in [0.25, 0.3) is 5.91 Å². The zero-order chi connectivity index (χ0) is 24.5. The lowest BCUT2D eigenvalue weighted by Crippen LogP contribution is -2.29. The molecule has 3 aromatic carbocycles. The second-order valence-electron chi connectivity index (χ2n) is 8.86. The lowest BCUT2D eigenvalue weighted by Gasteiger charge is -2.25. The van der Waals surface area contributed by atoms with Crippen molar-refractivity contribution in [3.63, 3.8) is 0 Å². The van der Waals surface area contributed by atoms with Gasteiger partial charge in [-0.3, -0.25) is 14.5 Å². The first-order valence-corrected chi connectivity index (χ1v) is 12.2. The molecular formula is C29H26ClNO4. The lowest BCUT2D eigenvalue weighted by atomic mass is 9.97. The van der Waals surface area contributed by atoms with E-state index in [9.17, 15) is 9.59 Å². The highest BCUT2D eigenvalue weighted by molar-refractivity contribution is 6.31. The average molecular weight is 488 g/mol. The van der Waals surface area contributed by atoms with Gasteiger partial charge < -0.3 is 9.15 Å². The first kappa shape index (κ1) is 23.2. The van der Waals surface area contributed by atoms with Crippen molar-refractivity contribution in [3.8, 4) is 5.75 Å². The van der Waals surface area contributed by atoms with Gasteiger partial charge >= 0.3 is 0 Å². The molecule has 35 heavy (non-hydrogen) atoms. The van der Waals surface area contributed by atoms with Gasteiger partial charge in [-0.25, -0.2) is 0 Å². The van der Waals surface area contributed by atoms with Gasteiger partial charge in [0.15, 0.2) is 5.43 Å². The number of anilines is 1. The van der Waals surface area contributed by atoms with Gasteiger partial charge in [-0.15, -0.1) is 0 Å². The number of hydrogen-bond donors (Lipinski definition) is 0. The quantitative estimate of drug-likeness (QED) is 0.261. The Hall–Kier alpha value is -3.57. The number of benzene rings is 3. The molecule has 0 fully saturated rings. The maximum atomic E-state index is 13.8. The van der Waals surface area contributed by atoms with Crippen LogP contribution in [0, 0.1) is 6.92 Å². The Morgan fingerprint density at radius 1 is 1.00 bits per heavy atom. The summed E-state index contributed by atoms with van der Waals surface area (Å²) in [4.78, 5) is 29.1. The molecule has 1 aromatic heterocycles. The zero-order valence-electron chi connectivity index (χ0n) is 19.7. The van der Waals surface area contributed by atoms with Gasteiger partial charge in [0.2, 0.25) is 5.76 Å². The highest BCUT2D eigenvalue weighted by atomic mass is 35.5. The minimum Gasteiger partial charge on any atom is -0.494 e. The van der Waals surface area contributed by atoms with Crippen molar-refractivity contribution in [2.45, 2.75) is 39.2 Å². The first-order valence-electron chi connectivity index (χ1n) is 11.9. The number of carbonyl (C=O) groups is 1. The molecular weight excluding hydrogens is 462 g/mol. The van der Waals surface area contributed by atoms with Gasteiger partial charge in [0, 0.05) is 10.7 Å². The van der Waals surface area contributed by atoms with E-state index in [4.69, 9.17) is 20.8 Å². The van der Waals surface area contributed by atoms with Crippen molar-refractivity contribution in [1.82, 2.24) is 0 Å². The molecule has 5 nitrogen and oxygen atoms in total. The number of rotatable bonds is 7. The Labute approximate surface area is 208 Å². The van der Waals surface area contributed by atoms with Crippen LogP contribution >= 0.6 is 11.6 Å². The van der Waals surface area contributed by atoms with E-state index in [1.54, 1.807) is 35.2 Å². The van der Waals surface area contributed by atoms with Crippen molar-refractivity contribution in [1.29, 1.82) is 0 Å². The fourth-order valence-electron chi connectivity index (χ4n) is 4.61. The Kier molecular flexibility index (Phi) is 6.35. The Balaban J connectivity index is 1.68. The van der Waals surface area contributed by atoms with E-state index in [-0.39, 0.29) is 17.1 Å². The van der Waals surface area contributed by atoms with E-state index in [1.165, 1.54) is 0 Å². The third-order valence-corrected chi connectivity index (χ3v) is 6.54. The van der Waals surface area contributed by atoms with E-state index >= 15 is 0 Å². The molecule has 2 heterocycles. The predicted octanol–water partition coefficient (Wildman–Crippen LogP) is 7.07. The van der Waals surface area contributed by atoms with Crippen LogP contribution in [0.25, 0.3) is 11.0 Å². The lowest BCUT2D eigenvalue weighted by molar-refractivity contribution is 0.0971. The molecule has 1 aliphatic rings. The molecule has 0 bridgehead atoms. The fraction of sp³-hybridized carbons (Fsp3) is 0.241. The minimum atomic E-state index is -0.670. The number of amides is 1. The van der Waals surface area contributed by atoms with Crippen molar-refractivity contribution in [2.75, 3.05) is 11.5 Å². The summed E-state index contributed by atoms with van der Waals surface area (Å²) in [5, 5.41) is 0.958. The molecule has 0 spiro atoms. The normalized spacial score (nSPS) is 15.0. The molecule has 1 aliphatic heterocycles. The van der Waals surface area contributed by atoms with Crippen LogP contribution in [0.1, 0.15) is 59.5 Å². The standard InChI is InChI=1S/C29H26ClNO4/c1-3-4-5-14-34-22-11-6-8-19(16-22)26-25-27(32)23-15-18(2)12-13-24(23)35-28(25)29(33)31(26)21-10-7-9-20(30)17-21/h6-13,15-17,26H,3-5,14H2,1-2H3. The van der Waals surface area contributed by atoms with Crippen LogP contribution in [-0.4, -0.2) is 12.5 Å². The number of aryl methyl sites for hydroxylation is 1. The van der Waals surface area contributed by atoms with Gasteiger partial charge in [-0.05, 0) is 61.4 Å². The second kappa shape index (κ2) is 9.59. The number of hydrogen-bond acceptors (Lipinski definition) is 4. The zero-order valence-corrected chi connectivity index (χ0v) is 20.5. The maximum absolute atomic E-state index is 13.8. The van der Waals surface area contributed by atoms with Crippen molar-refractivity contribution in [3.05, 3.63) is 104 Å². The summed E-state index contributed by atoms with van der Waals surface area (Å²) < 4.78 is 12.0. The SMILES string of the molecule is CCCCCOc1cccc(C2c3c(oc4ccc(C)cc4c3=O)C(=O)N2c2cccc(Cl)c2)c1. The van der Waals surface area contributed by atoms with Crippen molar-refractivity contribution in [2.24, 2.45) is 0 Å². The van der Waals surface area contributed by atoms with Crippen LogP contribution in [0.15, 0.2) is 75.9 Å². The average Bonchev–Trinajstić information content (AvgIpc) is 3.15. The fourth-order valence-corrected chi connectivity index (χ4v) is 4.80. The number of unbranched alkanes of at least 4 members (excludes halogenated alkanes) is 2. The largest absolute Gasteiger partial charge is 0.494 e. The van der Waals surface area contributed by atoms with Crippen LogP contribution in [0.2, 0.25) is 5.02 Å². The molecule has 1 atom stereocenters. The van der Waals surface area contributed by atoms with Crippen LogP contribution in [-0.2, 0) is 0 Å². The summed E-state index contributed by atoms with van der Waals surface area (Å²) in [5.41, 5.74) is 2.82. The van der Waals surface area contributed by atoms with E-state index in [0.717, 1.165) is 30.4 Å². The molecule has 178 valence electrons. The Morgan fingerprint density at radius 3 is 2.63 bits per heavy atom. The molecule has 1 unspecified atom stereocenters. The van der Waals surface area contributed by atoms with Gasteiger partial charge in [0.05, 0.1) is 23.6 Å². The summed E-state index contributed by atoms with van der Waals surface area (Å²) in [7, 11) is 0. The predicted molar refractivity (Wildman–Crippen MR) is 139 cm³/mol. The highest BCUT2D eigenvalue weighted by Gasteiger charge is 2.43. The summed E-state index contributed by atoms with van der Waals surface area (Å²) >= 11 is 6.28. The third kappa shape index (κ3) is 4.32. The maximum Gasteiger partial charge on any atom is 0.295 e. The molecule has 6 heteroatoms. The second-order valence-corrected chi connectivity index (χ2v) is 9.30. The molecule has 1 amide bonds. The van der Waals surface area contributed by atoms with E-state index in [1.807, 2.05) is 43.3 Å². The van der Waals surface area contributed by atoms with Crippen LogP contribution < -0.4 is 15.1 Å². The van der Waals surface area contributed by atoms with E-state index in [0.29, 0.717) is 39.6 Å². The third-order valence-electron chi connectivity index (χ3n) is 6.30. The van der Waals surface area contributed by atoms with Crippen LogP contribution in [0.3, 0.4) is 0 Å². The summed E-state index contributed by atoms with van der Waals surface area (Å²) in [6.45, 7) is 4.68. The van der Waals surface area contributed by atoms with Gasteiger partial charge in [-0.1, -0.05) is 61.2 Å². The topological polar surface area (TPSA) is 59.8 Å². The van der Waals surface area contributed by atoms with Crippen molar-refractivity contribution >= 4 is 34.2 Å². The smallest absolute Gasteiger partial charge is 0.295 e. The summed E-state index contributed by atoms with van der Waals surface area (Å²) in [5.74, 6) is 0.387. The first-order chi connectivity index (χ1) is 17.0. The molecule has 0 aliphatic carbocycles. The summed E-state index contributed by atoms with van der Waals surface area (Å²) in [6, 6.07) is 19.4. The Bertz CT molecular complexity index is 1480. The summed E-state index contributed by atoms with van der Waals surface area (Å²) in [6.07, 6.45) is 3.18. The van der Waals surface area contributed by atoms with Crippen LogP contribution in [0.4, 0.5) is 5.69 Å². The molecule has 4 aromatic rings. The van der Waals surface area contributed by atoms with Crippen LogP contribution in [0.5, 0.6) is 5.75 Å². The number of carbonyl (C=O) groups excluding carboxylic acids is 1. The molecule has 5 rings (SSSR count). The van der Waals surface area contributed by atoms with Crippen molar-refractivity contribution < 1.29 is 13.9 Å².